The molecule has 0 fully saturated rings. The minimum Gasteiger partial charge on any atom is -0.462 e. The molecule has 0 saturated carbocycles. The molecule has 1 aromatic carbocycles. The molecule has 0 aliphatic rings. The van der Waals surface area contributed by atoms with Crippen LogP contribution in [0, 0.1) is 11.3 Å². The van der Waals surface area contributed by atoms with E-state index in [-0.39, 0.29) is 24.4 Å². The second-order valence-corrected chi connectivity index (χ2v) is 4.25. The number of nitrogens with zero attached hydrogens (tertiary/aromatic N) is 1. The number of rotatable bonds is 4. The van der Waals surface area contributed by atoms with Crippen LogP contribution in [0.5, 0.6) is 0 Å². The SMILES string of the molecule is N#Cc1cc(C(F)(F)F)ccc1NCc1ccc(CO)o1. The molecule has 0 aliphatic carbocycles. The highest BCUT2D eigenvalue weighted by molar-refractivity contribution is 5.59. The van der Waals surface area contributed by atoms with Crippen LogP contribution < -0.4 is 5.32 Å². The number of aliphatic hydroxyl groups is 1. The van der Waals surface area contributed by atoms with E-state index in [1.165, 1.54) is 6.07 Å². The van der Waals surface area contributed by atoms with Gasteiger partial charge in [-0.05, 0) is 30.3 Å². The number of nitriles is 1. The molecule has 7 heteroatoms. The van der Waals surface area contributed by atoms with E-state index in [2.05, 4.69) is 5.32 Å². The Labute approximate surface area is 118 Å². The number of halogens is 3. The molecule has 0 bridgehead atoms. The van der Waals surface area contributed by atoms with Gasteiger partial charge in [-0.3, -0.25) is 0 Å². The van der Waals surface area contributed by atoms with Gasteiger partial charge in [-0.2, -0.15) is 18.4 Å². The Hall–Kier alpha value is -2.46. The molecular formula is C14H11F3N2O2. The normalized spacial score (nSPS) is 11.2. The first-order chi connectivity index (χ1) is 9.94. The summed E-state index contributed by atoms with van der Waals surface area (Å²) in [5.41, 5.74) is -0.684. The van der Waals surface area contributed by atoms with Crippen molar-refractivity contribution in [3.8, 4) is 6.07 Å². The first-order valence-electron chi connectivity index (χ1n) is 5.97. The third-order valence-electron chi connectivity index (χ3n) is 2.79. The molecule has 1 heterocycles. The van der Waals surface area contributed by atoms with Crippen LogP contribution in [0.2, 0.25) is 0 Å². The number of hydrogen-bond acceptors (Lipinski definition) is 4. The van der Waals surface area contributed by atoms with Gasteiger partial charge in [-0.15, -0.1) is 0 Å². The molecule has 21 heavy (non-hydrogen) atoms. The Kier molecular flexibility index (Phi) is 4.19. The molecule has 4 nitrogen and oxygen atoms in total. The van der Waals surface area contributed by atoms with E-state index < -0.39 is 11.7 Å². The van der Waals surface area contributed by atoms with Gasteiger partial charge in [0.2, 0.25) is 0 Å². The lowest BCUT2D eigenvalue weighted by molar-refractivity contribution is -0.137. The number of nitrogens with one attached hydrogen (secondary N) is 1. The third-order valence-corrected chi connectivity index (χ3v) is 2.79. The summed E-state index contributed by atoms with van der Waals surface area (Å²) in [6.07, 6.45) is -4.48. The number of hydrogen-bond donors (Lipinski definition) is 2. The van der Waals surface area contributed by atoms with Crippen LogP contribution in [0.4, 0.5) is 18.9 Å². The highest BCUT2D eigenvalue weighted by atomic mass is 19.4. The standard InChI is InChI=1S/C14H11F3N2O2/c15-14(16,17)10-1-4-13(9(5-10)6-18)19-7-11-2-3-12(8-20)21-11/h1-5,19-20H,7-8H2. The molecule has 0 amide bonds. The third kappa shape index (κ3) is 3.55. The van der Waals surface area contributed by atoms with Crippen molar-refractivity contribution in [1.82, 2.24) is 0 Å². The molecule has 0 aliphatic heterocycles. The van der Waals surface area contributed by atoms with Gasteiger partial charge in [-0.1, -0.05) is 0 Å². The number of benzene rings is 1. The first-order valence-corrected chi connectivity index (χ1v) is 5.97. The summed E-state index contributed by atoms with van der Waals surface area (Å²) in [5, 5.41) is 20.6. The summed E-state index contributed by atoms with van der Waals surface area (Å²) < 4.78 is 42.9. The van der Waals surface area contributed by atoms with Gasteiger partial charge in [0, 0.05) is 0 Å². The minimum absolute atomic E-state index is 0.0984. The van der Waals surface area contributed by atoms with Crippen LogP contribution in [0.3, 0.4) is 0 Å². The molecule has 0 radical (unpaired) electrons. The zero-order chi connectivity index (χ0) is 15.5. The minimum atomic E-state index is -4.48. The first kappa shape index (κ1) is 14.9. The summed E-state index contributed by atoms with van der Waals surface area (Å²) in [6, 6.07) is 7.86. The van der Waals surface area contributed by atoms with Gasteiger partial charge in [-0.25, -0.2) is 0 Å². The van der Waals surface area contributed by atoms with E-state index in [1.54, 1.807) is 18.2 Å². The second kappa shape index (κ2) is 5.89. The average molecular weight is 296 g/mol. The van der Waals surface area contributed by atoms with E-state index in [9.17, 15) is 13.2 Å². The summed E-state index contributed by atoms with van der Waals surface area (Å²) in [6.45, 7) is -0.0379. The molecule has 0 spiro atoms. The molecule has 1 aromatic heterocycles. The number of aliphatic hydroxyl groups excluding tert-OH is 1. The summed E-state index contributed by atoms with van der Waals surface area (Å²) in [5.74, 6) is 0.891. The topological polar surface area (TPSA) is 69.2 Å². The Morgan fingerprint density at radius 3 is 2.48 bits per heavy atom. The predicted octanol–water partition coefficient (Wildman–Crippen LogP) is 3.27. The van der Waals surface area contributed by atoms with Crippen LogP contribution in [-0.2, 0) is 19.3 Å². The van der Waals surface area contributed by atoms with Crippen LogP contribution >= 0.6 is 0 Å². The van der Waals surface area contributed by atoms with E-state index >= 15 is 0 Å². The highest BCUT2D eigenvalue weighted by Gasteiger charge is 2.31. The maximum atomic E-state index is 12.6. The van der Waals surface area contributed by atoms with Crippen molar-refractivity contribution >= 4 is 5.69 Å². The van der Waals surface area contributed by atoms with E-state index in [4.69, 9.17) is 14.8 Å². The zero-order valence-electron chi connectivity index (χ0n) is 10.7. The molecule has 0 saturated heterocycles. The molecule has 0 unspecified atom stereocenters. The molecule has 2 aromatic rings. The Balaban J connectivity index is 2.15. The lowest BCUT2D eigenvalue weighted by Crippen LogP contribution is -2.07. The molecule has 110 valence electrons. The van der Waals surface area contributed by atoms with Crippen molar-refractivity contribution < 1.29 is 22.7 Å². The van der Waals surface area contributed by atoms with Crippen LogP contribution in [0.15, 0.2) is 34.7 Å². The highest BCUT2D eigenvalue weighted by Crippen LogP contribution is 2.31. The van der Waals surface area contributed by atoms with Crippen molar-refractivity contribution in [2.75, 3.05) is 5.32 Å². The fourth-order valence-corrected chi connectivity index (χ4v) is 1.75. The number of furan rings is 1. The van der Waals surface area contributed by atoms with Crippen LogP contribution in [0.25, 0.3) is 0 Å². The van der Waals surface area contributed by atoms with Crippen LogP contribution in [-0.4, -0.2) is 5.11 Å². The van der Waals surface area contributed by atoms with Gasteiger partial charge in [0.1, 0.15) is 24.2 Å². The smallest absolute Gasteiger partial charge is 0.416 e. The molecule has 0 atom stereocenters. The van der Waals surface area contributed by atoms with Crippen molar-refractivity contribution in [2.24, 2.45) is 0 Å². The zero-order valence-corrected chi connectivity index (χ0v) is 10.7. The van der Waals surface area contributed by atoms with Gasteiger partial charge >= 0.3 is 6.18 Å². The van der Waals surface area contributed by atoms with Gasteiger partial charge in [0.05, 0.1) is 23.4 Å². The second-order valence-electron chi connectivity index (χ2n) is 4.25. The Morgan fingerprint density at radius 1 is 1.19 bits per heavy atom. The lowest BCUT2D eigenvalue weighted by atomic mass is 10.1. The van der Waals surface area contributed by atoms with Gasteiger partial charge in [0.25, 0.3) is 0 Å². The average Bonchev–Trinajstić information content (AvgIpc) is 2.92. The fraction of sp³-hybridized carbons (Fsp3) is 0.214. The van der Waals surface area contributed by atoms with Crippen molar-refractivity contribution in [1.29, 1.82) is 5.26 Å². The number of anilines is 1. The molecule has 2 rings (SSSR count). The summed E-state index contributed by atoms with van der Waals surface area (Å²) in [4.78, 5) is 0. The quantitative estimate of drug-likeness (QED) is 0.908. The monoisotopic (exact) mass is 296 g/mol. The van der Waals surface area contributed by atoms with Gasteiger partial charge < -0.3 is 14.8 Å². The van der Waals surface area contributed by atoms with Gasteiger partial charge in [0.15, 0.2) is 0 Å². The predicted molar refractivity (Wildman–Crippen MR) is 68.1 cm³/mol. The van der Waals surface area contributed by atoms with Crippen molar-refractivity contribution in [3.05, 3.63) is 53.0 Å². The molecular weight excluding hydrogens is 285 g/mol. The lowest BCUT2D eigenvalue weighted by Gasteiger charge is -2.11. The number of alkyl halides is 3. The summed E-state index contributed by atoms with van der Waals surface area (Å²) in [7, 11) is 0. The van der Waals surface area contributed by atoms with E-state index in [1.807, 2.05) is 0 Å². The fourth-order valence-electron chi connectivity index (χ4n) is 1.75. The van der Waals surface area contributed by atoms with Crippen molar-refractivity contribution in [2.45, 2.75) is 19.3 Å². The largest absolute Gasteiger partial charge is 0.462 e. The maximum Gasteiger partial charge on any atom is 0.416 e. The van der Waals surface area contributed by atoms with Crippen molar-refractivity contribution in [3.63, 3.8) is 0 Å². The van der Waals surface area contributed by atoms with Crippen LogP contribution in [0.1, 0.15) is 22.6 Å². The molecule has 2 N–H and O–H groups in total. The Morgan fingerprint density at radius 2 is 1.90 bits per heavy atom. The Bertz CT molecular complexity index is 672. The maximum absolute atomic E-state index is 12.6. The summed E-state index contributed by atoms with van der Waals surface area (Å²) >= 11 is 0. The van der Waals surface area contributed by atoms with E-state index in [0.717, 1.165) is 12.1 Å². The van der Waals surface area contributed by atoms with E-state index in [0.29, 0.717) is 11.5 Å².